The SMILES string of the molecule is CCN(C1CCCNC1)S(=O)(=O)c1ccc(C#N)cc1Cl. The Balaban J connectivity index is 2.37. The number of nitrogens with one attached hydrogen (secondary N) is 1. The predicted octanol–water partition coefficient (Wildman–Crippen LogP) is 1.97. The minimum atomic E-state index is -3.65. The Morgan fingerprint density at radius 3 is 2.81 bits per heavy atom. The van der Waals surface area contributed by atoms with Crippen LogP contribution < -0.4 is 5.32 Å². The number of hydrogen-bond donors (Lipinski definition) is 1. The van der Waals surface area contributed by atoms with Crippen molar-refractivity contribution in [1.29, 1.82) is 5.26 Å². The van der Waals surface area contributed by atoms with E-state index in [0.717, 1.165) is 19.4 Å². The molecule has 0 aliphatic carbocycles. The molecule has 1 N–H and O–H groups in total. The van der Waals surface area contributed by atoms with Crippen molar-refractivity contribution in [3.8, 4) is 6.07 Å². The molecule has 2 rings (SSSR count). The number of piperidine rings is 1. The van der Waals surface area contributed by atoms with Gasteiger partial charge < -0.3 is 5.32 Å². The van der Waals surface area contributed by atoms with Gasteiger partial charge >= 0.3 is 0 Å². The number of sulfonamides is 1. The lowest BCUT2D eigenvalue weighted by atomic mass is 10.1. The van der Waals surface area contributed by atoms with Gasteiger partial charge in [0.15, 0.2) is 0 Å². The average Bonchev–Trinajstić information content (AvgIpc) is 2.48. The van der Waals surface area contributed by atoms with Crippen LogP contribution in [0.25, 0.3) is 0 Å². The van der Waals surface area contributed by atoms with E-state index in [1.54, 1.807) is 0 Å². The van der Waals surface area contributed by atoms with E-state index < -0.39 is 10.0 Å². The molecule has 1 aliphatic heterocycles. The first kappa shape index (κ1) is 16.2. The van der Waals surface area contributed by atoms with Gasteiger partial charge in [0.05, 0.1) is 16.7 Å². The summed E-state index contributed by atoms with van der Waals surface area (Å²) in [5.41, 5.74) is 0.348. The van der Waals surface area contributed by atoms with Gasteiger partial charge in [-0.05, 0) is 37.6 Å². The third kappa shape index (κ3) is 3.38. The third-order valence-corrected chi connectivity index (χ3v) is 6.15. The average molecular weight is 328 g/mol. The van der Waals surface area contributed by atoms with Crippen LogP contribution in [0.15, 0.2) is 23.1 Å². The molecule has 114 valence electrons. The monoisotopic (exact) mass is 327 g/mol. The quantitative estimate of drug-likeness (QED) is 0.917. The molecule has 1 aromatic rings. The maximum Gasteiger partial charge on any atom is 0.244 e. The lowest BCUT2D eigenvalue weighted by Crippen LogP contribution is -2.48. The van der Waals surface area contributed by atoms with Crippen LogP contribution in [-0.4, -0.2) is 38.4 Å². The lowest BCUT2D eigenvalue weighted by Gasteiger charge is -2.33. The smallest absolute Gasteiger partial charge is 0.244 e. The van der Waals surface area contributed by atoms with E-state index in [2.05, 4.69) is 5.32 Å². The zero-order valence-corrected chi connectivity index (χ0v) is 13.4. The zero-order valence-electron chi connectivity index (χ0n) is 11.8. The zero-order chi connectivity index (χ0) is 15.5. The van der Waals surface area contributed by atoms with Gasteiger partial charge in [0, 0.05) is 19.1 Å². The highest BCUT2D eigenvalue weighted by atomic mass is 35.5. The van der Waals surface area contributed by atoms with Crippen molar-refractivity contribution in [3.63, 3.8) is 0 Å². The first-order valence-electron chi connectivity index (χ1n) is 6.93. The van der Waals surface area contributed by atoms with Crippen LogP contribution in [0.5, 0.6) is 0 Å². The molecular weight excluding hydrogens is 310 g/mol. The van der Waals surface area contributed by atoms with Crippen molar-refractivity contribution < 1.29 is 8.42 Å². The van der Waals surface area contributed by atoms with Crippen molar-refractivity contribution in [1.82, 2.24) is 9.62 Å². The van der Waals surface area contributed by atoms with Gasteiger partial charge in [-0.1, -0.05) is 18.5 Å². The number of nitrogens with zero attached hydrogens (tertiary/aromatic N) is 2. The summed E-state index contributed by atoms with van der Waals surface area (Å²) >= 11 is 6.06. The molecule has 0 bridgehead atoms. The fourth-order valence-corrected chi connectivity index (χ4v) is 4.79. The number of rotatable bonds is 4. The topological polar surface area (TPSA) is 73.2 Å². The maximum absolute atomic E-state index is 12.8. The summed E-state index contributed by atoms with van der Waals surface area (Å²) in [4.78, 5) is 0.0654. The minimum Gasteiger partial charge on any atom is -0.315 e. The van der Waals surface area contributed by atoms with Gasteiger partial charge in [-0.25, -0.2) is 8.42 Å². The molecule has 0 amide bonds. The molecule has 1 heterocycles. The van der Waals surface area contributed by atoms with Crippen LogP contribution in [0.2, 0.25) is 5.02 Å². The number of nitriles is 1. The van der Waals surface area contributed by atoms with E-state index >= 15 is 0 Å². The van der Waals surface area contributed by atoms with E-state index in [4.69, 9.17) is 16.9 Å². The minimum absolute atomic E-state index is 0.0551. The highest BCUT2D eigenvalue weighted by molar-refractivity contribution is 7.89. The van der Waals surface area contributed by atoms with E-state index in [1.807, 2.05) is 13.0 Å². The molecule has 1 fully saturated rings. The third-order valence-electron chi connectivity index (χ3n) is 3.64. The fraction of sp³-hybridized carbons (Fsp3) is 0.500. The van der Waals surface area contributed by atoms with E-state index in [1.165, 1.54) is 22.5 Å². The summed E-state index contributed by atoms with van der Waals surface area (Å²) in [7, 11) is -3.65. The molecule has 0 radical (unpaired) electrons. The number of hydrogen-bond acceptors (Lipinski definition) is 4. The first-order chi connectivity index (χ1) is 10.0. The molecular formula is C14H18ClN3O2S. The summed E-state index contributed by atoms with van der Waals surface area (Å²) in [6, 6.07) is 6.18. The van der Waals surface area contributed by atoms with Crippen molar-refractivity contribution in [3.05, 3.63) is 28.8 Å². The Bertz CT molecular complexity index is 649. The number of benzene rings is 1. The van der Waals surface area contributed by atoms with E-state index in [-0.39, 0.29) is 16.0 Å². The Hall–Kier alpha value is -1.13. The lowest BCUT2D eigenvalue weighted by molar-refractivity contribution is 0.274. The fourth-order valence-electron chi connectivity index (χ4n) is 2.61. The van der Waals surface area contributed by atoms with Gasteiger partial charge in [0.1, 0.15) is 4.90 Å². The van der Waals surface area contributed by atoms with Crippen LogP contribution in [0.4, 0.5) is 0 Å². The van der Waals surface area contributed by atoms with Crippen molar-refractivity contribution >= 4 is 21.6 Å². The second-order valence-electron chi connectivity index (χ2n) is 4.97. The van der Waals surface area contributed by atoms with Crippen molar-refractivity contribution in [2.75, 3.05) is 19.6 Å². The summed E-state index contributed by atoms with van der Waals surface area (Å²) in [5, 5.41) is 12.2. The molecule has 1 aromatic carbocycles. The molecule has 1 saturated heterocycles. The molecule has 0 saturated carbocycles. The van der Waals surface area contributed by atoms with E-state index in [9.17, 15) is 8.42 Å². The van der Waals surface area contributed by atoms with Gasteiger partial charge in [-0.3, -0.25) is 0 Å². The Labute approximate surface area is 130 Å². The molecule has 21 heavy (non-hydrogen) atoms. The van der Waals surface area contributed by atoms with E-state index in [0.29, 0.717) is 18.7 Å². The van der Waals surface area contributed by atoms with Gasteiger partial charge in [-0.15, -0.1) is 0 Å². The van der Waals surface area contributed by atoms with Crippen molar-refractivity contribution in [2.24, 2.45) is 0 Å². The van der Waals surface area contributed by atoms with Gasteiger partial charge in [0.2, 0.25) is 10.0 Å². The maximum atomic E-state index is 12.8. The molecule has 7 heteroatoms. The van der Waals surface area contributed by atoms with Crippen LogP contribution >= 0.6 is 11.6 Å². The highest BCUT2D eigenvalue weighted by Gasteiger charge is 2.32. The Morgan fingerprint density at radius 2 is 2.29 bits per heavy atom. The summed E-state index contributed by atoms with van der Waals surface area (Å²) in [6.45, 7) is 3.79. The first-order valence-corrected chi connectivity index (χ1v) is 8.74. The summed E-state index contributed by atoms with van der Waals surface area (Å²) in [6.07, 6.45) is 1.80. The second-order valence-corrected chi connectivity index (χ2v) is 7.23. The predicted molar refractivity (Wildman–Crippen MR) is 81.6 cm³/mol. The molecule has 5 nitrogen and oxygen atoms in total. The van der Waals surface area contributed by atoms with Crippen LogP contribution in [0, 0.1) is 11.3 Å². The Morgan fingerprint density at radius 1 is 1.52 bits per heavy atom. The van der Waals surface area contributed by atoms with Crippen LogP contribution in [0.1, 0.15) is 25.3 Å². The molecule has 0 spiro atoms. The number of halogens is 1. The van der Waals surface area contributed by atoms with Gasteiger partial charge in [0.25, 0.3) is 0 Å². The van der Waals surface area contributed by atoms with Crippen LogP contribution in [-0.2, 0) is 10.0 Å². The second kappa shape index (κ2) is 6.75. The molecule has 0 aromatic heterocycles. The van der Waals surface area contributed by atoms with Crippen LogP contribution in [0.3, 0.4) is 0 Å². The summed E-state index contributed by atoms with van der Waals surface area (Å²) in [5.74, 6) is 0. The molecule has 1 aliphatic rings. The van der Waals surface area contributed by atoms with Gasteiger partial charge in [-0.2, -0.15) is 9.57 Å². The highest BCUT2D eigenvalue weighted by Crippen LogP contribution is 2.28. The molecule has 1 atom stereocenters. The number of likely N-dealkylation sites (N-methyl/N-ethyl adjacent to an activating group) is 1. The van der Waals surface area contributed by atoms with Crippen molar-refractivity contribution in [2.45, 2.75) is 30.7 Å². The largest absolute Gasteiger partial charge is 0.315 e. The summed E-state index contributed by atoms with van der Waals surface area (Å²) < 4.78 is 27.1. The standard InChI is InChI=1S/C14H18ClN3O2S/c1-2-18(12-4-3-7-17-10-12)21(19,20)14-6-5-11(9-16)8-13(14)15/h5-6,8,12,17H,2-4,7,10H2,1H3. The normalized spacial score (nSPS) is 19.4. The molecule has 1 unspecified atom stereocenters. The Kier molecular flexibility index (Phi) is 5.22.